The Bertz CT molecular complexity index is 1090. The highest BCUT2D eigenvalue weighted by atomic mass is 16.2. The van der Waals surface area contributed by atoms with E-state index in [1.807, 2.05) is 36.4 Å². The molecular formula is C22H22N4O3. The van der Waals surface area contributed by atoms with E-state index >= 15 is 0 Å². The molecule has 0 saturated carbocycles. The summed E-state index contributed by atoms with van der Waals surface area (Å²) in [5.41, 5.74) is 1.34. The molecule has 0 bridgehead atoms. The van der Waals surface area contributed by atoms with Gasteiger partial charge in [0.05, 0.1) is 6.54 Å². The zero-order valence-electron chi connectivity index (χ0n) is 15.9. The molecule has 0 radical (unpaired) electrons. The van der Waals surface area contributed by atoms with E-state index in [4.69, 9.17) is 0 Å². The van der Waals surface area contributed by atoms with E-state index in [0.717, 1.165) is 12.1 Å². The third-order valence-electron chi connectivity index (χ3n) is 5.12. The van der Waals surface area contributed by atoms with Crippen LogP contribution in [0.25, 0.3) is 10.9 Å². The number of nitrogens with zero attached hydrogens (tertiary/aromatic N) is 1. The normalized spacial score (nSPS) is 16.0. The lowest BCUT2D eigenvalue weighted by molar-refractivity contribution is -0.129. The molecule has 4 rings (SSSR count). The maximum Gasteiger partial charge on any atom is 0.257 e. The Morgan fingerprint density at radius 3 is 2.66 bits per heavy atom. The minimum Gasteiger partial charge on any atom is -0.380 e. The average molecular weight is 390 g/mol. The van der Waals surface area contributed by atoms with E-state index in [1.54, 1.807) is 23.1 Å². The second-order valence-electron chi connectivity index (χ2n) is 7.10. The molecule has 2 aromatic carbocycles. The predicted octanol–water partition coefficient (Wildman–Crippen LogP) is 1.97. The number of para-hydroxylation sites is 2. The number of hydrogen-bond donors (Lipinski definition) is 3. The summed E-state index contributed by atoms with van der Waals surface area (Å²) in [5.74, 6) is -0.712. The molecule has 1 unspecified atom stereocenters. The van der Waals surface area contributed by atoms with Crippen LogP contribution in [0.1, 0.15) is 16.8 Å². The van der Waals surface area contributed by atoms with Gasteiger partial charge in [-0.1, -0.05) is 30.3 Å². The molecule has 3 aromatic rings. The lowest BCUT2D eigenvalue weighted by Gasteiger charge is -2.18. The van der Waals surface area contributed by atoms with Crippen molar-refractivity contribution in [3.63, 3.8) is 0 Å². The molecular weight excluding hydrogens is 368 g/mol. The number of hydrogen-bond acceptors (Lipinski definition) is 4. The third-order valence-corrected chi connectivity index (χ3v) is 5.12. The van der Waals surface area contributed by atoms with E-state index in [9.17, 15) is 14.4 Å². The summed E-state index contributed by atoms with van der Waals surface area (Å²) in [5, 5.41) is 6.43. The standard InChI is InChI=1S/C22H22N4O3/c27-20(26-11-10-16(14-26)25-15-6-2-1-3-7-15)13-24-22(29)18-12-23-19-9-5-4-8-17(19)21(18)28/h1-9,12,16,25H,10-11,13-14H2,(H,23,28)(H,24,29). The van der Waals surface area contributed by atoms with Crippen LogP contribution in [-0.2, 0) is 4.79 Å². The summed E-state index contributed by atoms with van der Waals surface area (Å²) in [7, 11) is 0. The van der Waals surface area contributed by atoms with Crippen molar-refractivity contribution in [3.05, 3.63) is 76.6 Å². The number of likely N-dealkylation sites (tertiary alicyclic amines) is 1. The van der Waals surface area contributed by atoms with Gasteiger partial charge in [0.25, 0.3) is 5.91 Å². The number of rotatable bonds is 5. The van der Waals surface area contributed by atoms with Crippen LogP contribution in [0.5, 0.6) is 0 Å². The van der Waals surface area contributed by atoms with Crippen molar-refractivity contribution in [2.24, 2.45) is 0 Å². The van der Waals surface area contributed by atoms with Crippen molar-refractivity contribution < 1.29 is 9.59 Å². The van der Waals surface area contributed by atoms with Gasteiger partial charge in [0.1, 0.15) is 5.56 Å². The van der Waals surface area contributed by atoms with Crippen molar-refractivity contribution in [2.75, 3.05) is 25.0 Å². The molecule has 7 heteroatoms. The van der Waals surface area contributed by atoms with Crippen molar-refractivity contribution in [1.82, 2.24) is 15.2 Å². The van der Waals surface area contributed by atoms with Crippen LogP contribution in [-0.4, -0.2) is 47.4 Å². The minimum atomic E-state index is -0.552. The fourth-order valence-corrected chi connectivity index (χ4v) is 3.57. The smallest absolute Gasteiger partial charge is 0.257 e. The number of aromatic amines is 1. The van der Waals surface area contributed by atoms with Crippen LogP contribution in [0.15, 0.2) is 65.6 Å². The zero-order chi connectivity index (χ0) is 20.2. The predicted molar refractivity (Wildman–Crippen MR) is 112 cm³/mol. The third kappa shape index (κ3) is 4.13. The summed E-state index contributed by atoms with van der Waals surface area (Å²) in [4.78, 5) is 42.1. The second-order valence-corrected chi connectivity index (χ2v) is 7.10. The highest BCUT2D eigenvalue weighted by Crippen LogP contribution is 2.15. The fourth-order valence-electron chi connectivity index (χ4n) is 3.57. The van der Waals surface area contributed by atoms with Crippen LogP contribution < -0.4 is 16.1 Å². The maximum atomic E-state index is 12.5. The zero-order valence-corrected chi connectivity index (χ0v) is 15.9. The average Bonchev–Trinajstić information content (AvgIpc) is 3.21. The number of H-pyrrole nitrogens is 1. The summed E-state index contributed by atoms with van der Waals surface area (Å²) in [6.45, 7) is 1.08. The number of carbonyl (C=O) groups is 2. The summed E-state index contributed by atoms with van der Waals surface area (Å²) in [6.07, 6.45) is 2.24. The van der Waals surface area contributed by atoms with E-state index in [2.05, 4.69) is 15.6 Å². The summed E-state index contributed by atoms with van der Waals surface area (Å²) in [6, 6.07) is 17.0. The SMILES string of the molecule is O=C(NCC(=O)N1CCC(Nc2ccccc2)C1)c1c[nH]c2ccccc2c1=O. The highest BCUT2D eigenvalue weighted by molar-refractivity contribution is 5.98. The quantitative estimate of drug-likeness (QED) is 0.621. The lowest BCUT2D eigenvalue weighted by Crippen LogP contribution is -2.41. The Kier molecular flexibility index (Phi) is 5.29. The van der Waals surface area contributed by atoms with Gasteiger partial charge in [-0.05, 0) is 30.7 Å². The highest BCUT2D eigenvalue weighted by Gasteiger charge is 2.26. The van der Waals surface area contributed by atoms with Gasteiger partial charge < -0.3 is 20.5 Å². The van der Waals surface area contributed by atoms with Crippen molar-refractivity contribution in [2.45, 2.75) is 12.5 Å². The molecule has 1 fully saturated rings. The minimum absolute atomic E-state index is 0.00143. The number of anilines is 1. The van der Waals surface area contributed by atoms with E-state index in [0.29, 0.717) is 24.0 Å². The molecule has 1 atom stereocenters. The first-order valence-corrected chi connectivity index (χ1v) is 9.60. The Balaban J connectivity index is 1.33. The van der Waals surface area contributed by atoms with Crippen LogP contribution in [0.4, 0.5) is 5.69 Å². The van der Waals surface area contributed by atoms with Gasteiger partial charge >= 0.3 is 0 Å². The number of fused-ring (bicyclic) bond motifs is 1. The molecule has 1 aliphatic rings. The first-order valence-electron chi connectivity index (χ1n) is 9.60. The molecule has 2 heterocycles. The van der Waals surface area contributed by atoms with Crippen LogP contribution >= 0.6 is 0 Å². The molecule has 2 amide bonds. The first kappa shape index (κ1) is 18.7. The number of amides is 2. The van der Waals surface area contributed by atoms with E-state index in [1.165, 1.54) is 6.20 Å². The van der Waals surface area contributed by atoms with Crippen LogP contribution in [0, 0.1) is 0 Å². The van der Waals surface area contributed by atoms with Crippen LogP contribution in [0.2, 0.25) is 0 Å². The largest absolute Gasteiger partial charge is 0.380 e. The second kappa shape index (κ2) is 8.18. The Morgan fingerprint density at radius 2 is 1.83 bits per heavy atom. The van der Waals surface area contributed by atoms with Gasteiger partial charge in [0, 0.05) is 41.9 Å². The molecule has 1 aromatic heterocycles. The Hall–Kier alpha value is -3.61. The number of carbonyl (C=O) groups excluding carboxylic acids is 2. The topological polar surface area (TPSA) is 94.3 Å². The van der Waals surface area contributed by atoms with Crippen molar-refractivity contribution >= 4 is 28.4 Å². The molecule has 1 aliphatic heterocycles. The Morgan fingerprint density at radius 1 is 1.07 bits per heavy atom. The molecule has 148 valence electrons. The summed E-state index contributed by atoms with van der Waals surface area (Å²) >= 11 is 0. The number of benzene rings is 2. The Labute approximate surface area is 167 Å². The van der Waals surface area contributed by atoms with Crippen molar-refractivity contribution in [3.8, 4) is 0 Å². The molecule has 0 spiro atoms. The monoisotopic (exact) mass is 390 g/mol. The molecule has 7 nitrogen and oxygen atoms in total. The van der Waals surface area contributed by atoms with Gasteiger partial charge in [-0.3, -0.25) is 14.4 Å². The van der Waals surface area contributed by atoms with Gasteiger partial charge in [-0.15, -0.1) is 0 Å². The molecule has 29 heavy (non-hydrogen) atoms. The molecule has 0 aliphatic carbocycles. The number of aromatic nitrogens is 1. The van der Waals surface area contributed by atoms with Gasteiger partial charge in [-0.25, -0.2) is 0 Å². The van der Waals surface area contributed by atoms with Crippen molar-refractivity contribution in [1.29, 1.82) is 0 Å². The maximum absolute atomic E-state index is 12.5. The lowest BCUT2D eigenvalue weighted by atomic mass is 10.1. The fraction of sp³-hybridized carbons (Fsp3) is 0.227. The number of pyridine rings is 1. The number of nitrogens with one attached hydrogen (secondary N) is 3. The molecule has 1 saturated heterocycles. The molecule has 3 N–H and O–H groups in total. The van der Waals surface area contributed by atoms with Gasteiger partial charge in [0.15, 0.2) is 0 Å². The first-order chi connectivity index (χ1) is 14.1. The van der Waals surface area contributed by atoms with Gasteiger partial charge in [0.2, 0.25) is 11.3 Å². The van der Waals surface area contributed by atoms with E-state index < -0.39 is 5.91 Å². The van der Waals surface area contributed by atoms with Crippen LogP contribution in [0.3, 0.4) is 0 Å². The van der Waals surface area contributed by atoms with E-state index in [-0.39, 0.29) is 29.5 Å². The van der Waals surface area contributed by atoms with Gasteiger partial charge in [-0.2, -0.15) is 0 Å². The summed E-state index contributed by atoms with van der Waals surface area (Å²) < 4.78 is 0.